The Balaban J connectivity index is 2.18. The fourth-order valence-electron chi connectivity index (χ4n) is 1.75. The van der Waals surface area contributed by atoms with Gasteiger partial charge in [-0.15, -0.1) is 0 Å². The molecule has 2 aromatic carbocycles. The van der Waals surface area contributed by atoms with Crippen LogP contribution >= 0.6 is 15.9 Å². The lowest BCUT2D eigenvalue weighted by Gasteiger charge is -2.18. The quantitative estimate of drug-likeness (QED) is 0.923. The molecule has 2 N–H and O–H groups in total. The van der Waals surface area contributed by atoms with Gasteiger partial charge >= 0.3 is 0 Å². The number of halogens is 2. The summed E-state index contributed by atoms with van der Waals surface area (Å²) >= 11 is 3.11. The van der Waals surface area contributed by atoms with Crippen LogP contribution in [0.25, 0.3) is 0 Å². The van der Waals surface area contributed by atoms with E-state index >= 15 is 0 Å². The summed E-state index contributed by atoms with van der Waals surface area (Å²) in [6.07, 6.45) is -0.277. The van der Waals surface area contributed by atoms with Crippen LogP contribution < -0.4 is 10.5 Å². The van der Waals surface area contributed by atoms with E-state index in [1.165, 1.54) is 11.6 Å². The Bertz CT molecular complexity index is 557. The van der Waals surface area contributed by atoms with Crippen molar-refractivity contribution in [3.8, 4) is 5.75 Å². The highest BCUT2D eigenvalue weighted by Gasteiger charge is 2.12. The highest BCUT2D eigenvalue weighted by molar-refractivity contribution is 9.10. The maximum absolute atomic E-state index is 13.4. The zero-order valence-corrected chi connectivity index (χ0v) is 12.2. The monoisotopic (exact) mass is 323 g/mol. The van der Waals surface area contributed by atoms with Crippen LogP contribution in [-0.2, 0) is 0 Å². The van der Waals surface area contributed by atoms with Gasteiger partial charge in [0.25, 0.3) is 0 Å². The number of aryl methyl sites for hydroxylation is 1. The summed E-state index contributed by atoms with van der Waals surface area (Å²) in [4.78, 5) is 0. The van der Waals surface area contributed by atoms with E-state index in [-0.39, 0.29) is 11.9 Å². The van der Waals surface area contributed by atoms with Crippen LogP contribution in [0, 0.1) is 12.7 Å². The maximum Gasteiger partial charge on any atom is 0.141 e. The average molecular weight is 324 g/mol. The molecule has 19 heavy (non-hydrogen) atoms. The van der Waals surface area contributed by atoms with E-state index in [2.05, 4.69) is 15.9 Å². The summed E-state index contributed by atoms with van der Waals surface area (Å²) in [5.74, 6) is 0.119. The molecule has 0 amide bonds. The van der Waals surface area contributed by atoms with Crippen molar-refractivity contribution in [3.63, 3.8) is 0 Å². The standard InChI is InChI=1S/C15H15BrFNO/c1-10-2-4-11(5-3-10)15(9-18)19-12-6-7-13(16)14(17)8-12/h2-8,15H,9,18H2,1H3. The molecule has 2 nitrogen and oxygen atoms in total. The summed E-state index contributed by atoms with van der Waals surface area (Å²) in [5.41, 5.74) is 7.89. The summed E-state index contributed by atoms with van der Waals surface area (Å²) < 4.78 is 19.6. The molecule has 0 fully saturated rings. The van der Waals surface area contributed by atoms with Gasteiger partial charge in [-0.2, -0.15) is 0 Å². The fourth-order valence-corrected chi connectivity index (χ4v) is 1.99. The van der Waals surface area contributed by atoms with Crippen LogP contribution in [0.3, 0.4) is 0 Å². The molecule has 0 aliphatic heterocycles. The van der Waals surface area contributed by atoms with Gasteiger partial charge in [0.05, 0.1) is 4.47 Å². The molecule has 0 aliphatic rings. The van der Waals surface area contributed by atoms with Crippen molar-refractivity contribution in [1.29, 1.82) is 0 Å². The second-order valence-electron chi connectivity index (χ2n) is 4.33. The van der Waals surface area contributed by atoms with Crippen molar-refractivity contribution in [2.45, 2.75) is 13.0 Å². The van der Waals surface area contributed by atoms with Gasteiger partial charge < -0.3 is 10.5 Å². The third-order valence-corrected chi connectivity index (χ3v) is 3.48. The van der Waals surface area contributed by atoms with Gasteiger partial charge in [0.15, 0.2) is 0 Å². The predicted octanol–water partition coefficient (Wildman–Crippen LogP) is 3.98. The van der Waals surface area contributed by atoms with Crippen molar-refractivity contribution in [3.05, 3.63) is 63.9 Å². The molecule has 0 aliphatic carbocycles. The SMILES string of the molecule is Cc1ccc(C(CN)Oc2ccc(Br)c(F)c2)cc1. The molecule has 2 rings (SSSR count). The van der Waals surface area contributed by atoms with E-state index < -0.39 is 0 Å². The van der Waals surface area contributed by atoms with E-state index in [0.717, 1.165) is 5.56 Å². The smallest absolute Gasteiger partial charge is 0.141 e. The molecular formula is C15H15BrFNO. The van der Waals surface area contributed by atoms with Crippen LogP contribution in [0.2, 0.25) is 0 Å². The Morgan fingerprint density at radius 3 is 2.47 bits per heavy atom. The normalized spacial score (nSPS) is 12.2. The van der Waals surface area contributed by atoms with E-state index in [9.17, 15) is 4.39 Å². The molecule has 4 heteroatoms. The number of hydrogen-bond acceptors (Lipinski definition) is 2. The molecule has 0 bridgehead atoms. The summed E-state index contributed by atoms with van der Waals surface area (Å²) in [6, 6.07) is 12.6. The van der Waals surface area contributed by atoms with Gasteiger partial charge in [-0.05, 0) is 40.5 Å². The molecule has 0 aromatic heterocycles. The summed E-state index contributed by atoms with van der Waals surface area (Å²) in [6.45, 7) is 2.35. The highest BCUT2D eigenvalue weighted by Crippen LogP contribution is 2.25. The first-order valence-electron chi connectivity index (χ1n) is 5.98. The molecule has 0 spiro atoms. The molecule has 0 saturated heterocycles. The van der Waals surface area contributed by atoms with Crippen LogP contribution in [0.15, 0.2) is 46.9 Å². The van der Waals surface area contributed by atoms with Crippen molar-refractivity contribution in [2.24, 2.45) is 5.73 Å². The maximum atomic E-state index is 13.4. The van der Waals surface area contributed by atoms with Gasteiger partial charge in [-0.3, -0.25) is 0 Å². The number of hydrogen-bond donors (Lipinski definition) is 1. The Labute approximate surface area is 120 Å². The number of benzene rings is 2. The van der Waals surface area contributed by atoms with Crippen molar-refractivity contribution < 1.29 is 9.13 Å². The van der Waals surface area contributed by atoms with Gasteiger partial charge in [-0.25, -0.2) is 4.39 Å². The number of nitrogens with two attached hydrogens (primary N) is 1. The highest BCUT2D eigenvalue weighted by atomic mass is 79.9. The first-order chi connectivity index (χ1) is 9.10. The van der Waals surface area contributed by atoms with Crippen molar-refractivity contribution >= 4 is 15.9 Å². The van der Waals surface area contributed by atoms with Crippen LogP contribution in [0.5, 0.6) is 5.75 Å². The summed E-state index contributed by atoms with van der Waals surface area (Å²) in [5, 5.41) is 0. The second kappa shape index (κ2) is 6.17. The van der Waals surface area contributed by atoms with Gasteiger partial charge in [-0.1, -0.05) is 29.8 Å². The number of rotatable bonds is 4. The fraction of sp³-hybridized carbons (Fsp3) is 0.200. The third-order valence-electron chi connectivity index (χ3n) is 2.83. The lowest BCUT2D eigenvalue weighted by Crippen LogP contribution is -2.18. The largest absolute Gasteiger partial charge is 0.484 e. The van der Waals surface area contributed by atoms with Crippen LogP contribution in [0.4, 0.5) is 4.39 Å². The van der Waals surface area contributed by atoms with Crippen molar-refractivity contribution in [2.75, 3.05) is 6.54 Å². The second-order valence-corrected chi connectivity index (χ2v) is 5.18. The van der Waals surface area contributed by atoms with Crippen LogP contribution in [-0.4, -0.2) is 6.54 Å². The van der Waals surface area contributed by atoms with Gasteiger partial charge in [0.2, 0.25) is 0 Å². The molecular weight excluding hydrogens is 309 g/mol. The molecule has 1 unspecified atom stereocenters. The first-order valence-corrected chi connectivity index (χ1v) is 6.78. The van der Waals surface area contributed by atoms with Gasteiger partial charge in [0.1, 0.15) is 17.7 Å². The molecule has 100 valence electrons. The average Bonchev–Trinajstić information content (AvgIpc) is 2.41. The minimum absolute atomic E-state index is 0.277. The zero-order valence-electron chi connectivity index (χ0n) is 10.6. The van der Waals surface area contributed by atoms with Gasteiger partial charge in [0, 0.05) is 12.6 Å². The third kappa shape index (κ3) is 3.55. The lowest BCUT2D eigenvalue weighted by molar-refractivity contribution is 0.213. The van der Waals surface area contributed by atoms with Crippen molar-refractivity contribution in [1.82, 2.24) is 0 Å². The molecule has 0 saturated carbocycles. The van der Waals surface area contributed by atoms with E-state index in [0.29, 0.717) is 16.8 Å². The molecule has 2 aromatic rings. The van der Waals surface area contributed by atoms with E-state index in [4.69, 9.17) is 10.5 Å². The summed E-state index contributed by atoms with van der Waals surface area (Å²) in [7, 11) is 0. The Morgan fingerprint density at radius 1 is 1.21 bits per heavy atom. The zero-order chi connectivity index (χ0) is 13.8. The minimum Gasteiger partial charge on any atom is -0.484 e. The van der Waals surface area contributed by atoms with E-state index in [1.807, 2.05) is 31.2 Å². The Morgan fingerprint density at radius 2 is 1.89 bits per heavy atom. The topological polar surface area (TPSA) is 35.2 Å². The minimum atomic E-state index is -0.350. The first kappa shape index (κ1) is 14.0. The Kier molecular flexibility index (Phi) is 4.56. The number of ether oxygens (including phenoxy) is 1. The molecule has 0 radical (unpaired) electrons. The molecule has 1 atom stereocenters. The lowest BCUT2D eigenvalue weighted by atomic mass is 10.1. The molecule has 0 heterocycles. The van der Waals surface area contributed by atoms with Crippen LogP contribution in [0.1, 0.15) is 17.2 Å². The Hall–Kier alpha value is -1.39. The predicted molar refractivity (Wildman–Crippen MR) is 77.7 cm³/mol. The van der Waals surface area contributed by atoms with E-state index in [1.54, 1.807) is 12.1 Å².